The molecule has 0 spiro atoms. The molecule has 1 fully saturated rings. The van der Waals surface area contributed by atoms with E-state index in [1.165, 1.54) is 12.8 Å². The summed E-state index contributed by atoms with van der Waals surface area (Å²) >= 11 is 0. The molecule has 1 aromatic heterocycles. The second-order valence-corrected chi connectivity index (χ2v) is 4.58. The summed E-state index contributed by atoms with van der Waals surface area (Å²) in [5.41, 5.74) is 6.93. The van der Waals surface area contributed by atoms with Gasteiger partial charge in [-0.25, -0.2) is 0 Å². The summed E-state index contributed by atoms with van der Waals surface area (Å²) < 4.78 is 6.07. The maximum Gasteiger partial charge on any atom is 0.115 e. The van der Waals surface area contributed by atoms with Crippen LogP contribution in [0.1, 0.15) is 44.4 Å². The Labute approximate surface area is 97.0 Å². The van der Waals surface area contributed by atoms with Crippen LogP contribution in [0.15, 0.2) is 24.4 Å². The highest BCUT2D eigenvalue weighted by molar-refractivity contribution is 5.09. The normalized spacial score (nSPS) is 20.9. The number of nitrogens with two attached hydrogens (primary N) is 1. The van der Waals surface area contributed by atoms with Gasteiger partial charge in [-0.2, -0.15) is 0 Å². The molecule has 2 N–H and O–H groups in total. The van der Waals surface area contributed by atoms with Crippen LogP contribution in [0.25, 0.3) is 0 Å². The number of rotatable bonds is 4. The summed E-state index contributed by atoms with van der Waals surface area (Å²) in [6.45, 7) is 1.98. The molecule has 1 aliphatic rings. The van der Waals surface area contributed by atoms with Crippen molar-refractivity contribution in [2.45, 2.75) is 50.9 Å². The number of hydrogen-bond acceptors (Lipinski definition) is 3. The van der Waals surface area contributed by atoms with Crippen LogP contribution < -0.4 is 5.73 Å². The maximum absolute atomic E-state index is 6.07. The van der Waals surface area contributed by atoms with Crippen molar-refractivity contribution in [1.82, 2.24) is 4.98 Å². The molecule has 3 heteroatoms. The molecule has 2 unspecified atom stereocenters. The van der Waals surface area contributed by atoms with Gasteiger partial charge in [0.25, 0.3) is 0 Å². The summed E-state index contributed by atoms with van der Waals surface area (Å²) in [5.74, 6) is 0. The van der Waals surface area contributed by atoms with E-state index >= 15 is 0 Å². The molecule has 16 heavy (non-hydrogen) atoms. The first-order chi connectivity index (χ1) is 7.77. The lowest BCUT2D eigenvalue weighted by molar-refractivity contribution is -0.0224. The Kier molecular flexibility index (Phi) is 3.91. The lowest BCUT2D eigenvalue weighted by Crippen LogP contribution is -2.30. The van der Waals surface area contributed by atoms with E-state index in [1.807, 2.05) is 25.1 Å². The Morgan fingerprint density at radius 2 is 2.12 bits per heavy atom. The molecular weight excluding hydrogens is 200 g/mol. The predicted octanol–water partition coefficient (Wildman–Crippen LogP) is 2.43. The third-order valence-electron chi connectivity index (χ3n) is 3.10. The standard InChI is InChI=1S/C13H20N2O/c1-10(14)13(12-8-4-5-9-15-12)16-11-6-2-3-7-11/h4-5,8-11,13H,2-3,6-7,14H2,1H3. The van der Waals surface area contributed by atoms with Crippen LogP contribution in [0.2, 0.25) is 0 Å². The van der Waals surface area contributed by atoms with Gasteiger partial charge in [0.05, 0.1) is 11.8 Å². The van der Waals surface area contributed by atoms with Gasteiger partial charge in [0.15, 0.2) is 0 Å². The quantitative estimate of drug-likeness (QED) is 0.847. The Morgan fingerprint density at radius 3 is 2.69 bits per heavy atom. The Morgan fingerprint density at radius 1 is 1.38 bits per heavy atom. The first-order valence-corrected chi connectivity index (χ1v) is 6.09. The van der Waals surface area contributed by atoms with Crippen molar-refractivity contribution in [1.29, 1.82) is 0 Å². The number of nitrogens with zero attached hydrogens (tertiary/aromatic N) is 1. The molecule has 3 nitrogen and oxygen atoms in total. The van der Waals surface area contributed by atoms with Gasteiger partial charge in [-0.15, -0.1) is 0 Å². The summed E-state index contributed by atoms with van der Waals surface area (Å²) in [4.78, 5) is 4.34. The van der Waals surface area contributed by atoms with Gasteiger partial charge in [0.1, 0.15) is 6.10 Å². The minimum atomic E-state index is -0.0655. The third-order valence-corrected chi connectivity index (χ3v) is 3.10. The first kappa shape index (κ1) is 11.6. The second-order valence-electron chi connectivity index (χ2n) is 4.58. The molecule has 0 aliphatic heterocycles. The summed E-state index contributed by atoms with van der Waals surface area (Å²) in [7, 11) is 0. The highest BCUT2D eigenvalue weighted by Crippen LogP contribution is 2.28. The Balaban J connectivity index is 2.05. The fourth-order valence-electron chi connectivity index (χ4n) is 2.24. The van der Waals surface area contributed by atoms with Crippen molar-refractivity contribution in [2.24, 2.45) is 5.73 Å². The highest BCUT2D eigenvalue weighted by atomic mass is 16.5. The second kappa shape index (κ2) is 5.41. The highest BCUT2D eigenvalue weighted by Gasteiger charge is 2.24. The van der Waals surface area contributed by atoms with E-state index in [9.17, 15) is 0 Å². The van der Waals surface area contributed by atoms with Gasteiger partial charge in [0, 0.05) is 12.2 Å². The Bertz CT molecular complexity index is 307. The van der Waals surface area contributed by atoms with E-state index in [1.54, 1.807) is 6.20 Å². The smallest absolute Gasteiger partial charge is 0.115 e. The summed E-state index contributed by atoms with van der Waals surface area (Å²) in [5, 5.41) is 0. The molecule has 0 saturated heterocycles. The lowest BCUT2D eigenvalue weighted by atomic mass is 10.1. The van der Waals surface area contributed by atoms with Crippen molar-refractivity contribution >= 4 is 0 Å². The molecule has 1 aliphatic carbocycles. The van der Waals surface area contributed by atoms with E-state index in [0.717, 1.165) is 18.5 Å². The van der Waals surface area contributed by atoms with E-state index in [0.29, 0.717) is 6.10 Å². The van der Waals surface area contributed by atoms with E-state index in [-0.39, 0.29) is 12.1 Å². The van der Waals surface area contributed by atoms with Crippen molar-refractivity contribution in [3.8, 4) is 0 Å². The summed E-state index contributed by atoms with van der Waals surface area (Å²) in [6.07, 6.45) is 6.98. The predicted molar refractivity (Wildman–Crippen MR) is 64.0 cm³/mol. The zero-order chi connectivity index (χ0) is 11.4. The van der Waals surface area contributed by atoms with E-state index in [2.05, 4.69) is 4.98 Å². The van der Waals surface area contributed by atoms with Crippen LogP contribution in [0.3, 0.4) is 0 Å². The zero-order valence-electron chi connectivity index (χ0n) is 9.80. The van der Waals surface area contributed by atoms with Gasteiger partial charge in [-0.05, 0) is 31.9 Å². The molecule has 0 bridgehead atoms. The lowest BCUT2D eigenvalue weighted by Gasteiger charge is -2.24. The van der Waals surface area contributed by atoms with Crippen molar-refractivity contribution in [2.75, 3.05) is 0 Å². The monoisotopic (exact) mass is 220 g/mol. The van der Waals surface area contributed by atoms with Gasteiger partial charge in [0.2, 0.25) is 0 Å². The van der Waals surface area contributed by atoms with Crippen LogP contribution in [-0.4, -0.2) is 17.1 Å². The SMILES string of the molecule is CC(N)C(OC1CCCC1)c1ccccn1. The average molecular weight is 220 g/mol. The number of hydrogen-bond donors (Lipinski definition) is 1. The number of pyridine rings is 1. The molecular formula is C13H20N2O. The van der Waals surface area contributed by atoms with Crippen molar-refractivity contribution < 1.29 is 4.74 Å². The maximum atomic E-state index is 6.07. The van der Waals surface area contributed by atoms with Crippen LogP contribution in [0.4, 0.5) is 0 Å². The molecule has 2 atom stereocenters. The van der Waals surface area contributed by atoms with Gasteiger partial charge < -0.3 is 10.5 Å². The number of ether oxygens (including phenoxy) is 1. The third kappa shape index (κ3) is 2.80. The van der Waals surface area contributed by atoms with Crippen LogP contribution in [-0.2, 0) is 4.74 Å². The summed E-state index contributed by atoms with van der Waals surface area (Å²) in [6, 6.07) is 5.87. The largest absolute Gasteiger partial charge is 0.367 e. The Hall–Kier alpha value is -0.930. The van der Waals surface area contributed by atoms with E-state index < -0.39 is 0 Å². The fourth-order valence-corrected chi connectivity index (χ4v) is 2.24. The van der Waals surface area contributed by atoms with Gasteiger partial charge >= 0.3 is 0 Å². The molecule has 0 amide bonds. The topological polar surface area (TPSA) is 48.1 Å². The molecule has 1 saturated carbocycles. The minimum absolute atomic E-state index is 0.0181. The van der Waals surface area contributed by atoms with Crippen LogP contribution >= 0.6 is 0 Å². The van der Waals surface area contributed by atoms with Gasteiger partial charge in [-0.1, -0.05) is 18.9 Å². The molecule has 0 radical (unpaired) electrons. The minimum Gasteiger partial charge on any atom is -0.367 e. The van der Waals surface area contributed by atoms with Crippen molar-refractivity contribution in [3.63, 3.8) is 0 Å². The fraction of sp³-hybridized carbons (Fsp3) is 0.615. The van der Waals surface area contributed by atoms with E-state index in [4.69, 9.17) is 10.5 Å². The molecule has 1 aromatic rings. The molecule has 2 rings (SSSR count). The van der Waals surface area contributed by atoms with Crippen LogP contribution in [0.5, 0.6) is 0 Å². The first-order valence-electron chi connectivity index (χ1n) is 6.09. The molecule has 0 aromatic carbocycles. The average Bonchev–Trinajstić information content (AvgIpc) is 2.79. The molecule has 88 valence electrons. The zero-order valence-corrected chi connectivity index (χ0v) is 9.80. The van der Waals surface area contributed by atoms with Gasteiger partial charge in [-0.3, -0.25) is 4.98 Å². The number of aromatic nitrogens is 1. The van der Waals surface area contributed by atoms with Crippen LogP contribution in [0, 0.1) is 0 Å². The molecule has 1 heterocycles. The van der Waals surface area contributed by atoms with Crippen molar-refractivity contribution in [3.05, 3.63) is 30.1 Å².